The number of aldehydes is 1. The Morgan fingerprint density at radius 1 is 1.08 bits per heavy atom. The second-order valence-corrected chi connectivity index (χ2v) is 5.34. The lowest BCUT2D eigenvalue weighted by molar-refractivity contribution is -0.109. The lowest BCUT2D eigenvalue weighted by atomic mass is 10.1. The number of hydrogen-bond donors (Lipinski definition) is 1. The van der Waals surface area contributed by atoms with Crippen LogP contribution >= 0.6 is 0 Å². The number of nitrogens with zero attached hydrogens (tertiary/aromatic N) is 1. The zero-order valence-corrected chi connectivity index (χ0v) is 12.9. The zero-order valence-electron chi connectivity index (χ0n) is 12.9. The maximum atomic E-state index is 12.5. The fourth-order valence-corrected chi connectivity index (χ4v) is 2.45. The molecule has 2 aromatic carbocycles. The third-order valence-corrected chi connectivity index (χ3v) is 3.63. The Morgan fingerprint density at radius 2 is 1.75 bits per heavy atom. The van der Waals surface area contributed by atoms with E-state index in [2.05, 4.69) is 10.5 Å². The maximum absolute atomic E-state index is 12.5. The Kier molecular flexibility index (Phi) is 4.81. The minimum Gasteiger partial charge on any atom is -0.355 e. The van der Waals surface area contributed by atoms with Crippen LogP contribution in [0.1, 0.15) is 15.9 Å². The van der Waals surface area contributed by atoms with Gasteiger partial charge < -0.3 is 14.6 Å². The van der Waals surface area contributed by atoms with Gasteiger partial charge in [-0.2, -0.15) is 0 Å². The summed E-state index contributed by atoms with van der Waals surface area (Å²) in [6, 6.07) is 18.2. The molecule has 3 aromatic rings. The monoisotopic (exact) mass is 320 g/mol. The summed E-state index contributed by atoms with van der Waals surface area (Å²) in [6.07, 6.45) is 2.53. The SMILES string of the molecule is O=CC(Cc1ccccc1)NC(=O)c1cnoc1-c1ccccc1. The highest BCUT2D eigenvalue weighted by Gasteiger charge is 2.20. The highest BCUT2D eigenvalue weighted by atomic mass is 16.5. The maximum Gasteiger partial charge on any atom is 0.257 e. The molecule has 5 heteroatoms. The van der Waals surface area contributed by atoms with Crippen LogP contribution in [0.15, 0.2) is 71.4 Å². The van der Waals surface area contributed by atoms with E-state index in [4.69, 9.17) is 4.52 Å². The van der Waals surface area contributed by atoms with Crippen LogP contribution in [0.25, 0.3) is 11.3 Å². The molecule has 5 nitrogen and oxygen atoms in total. The summed E-state index contributed by atoms with van der Waals surface area (Å²) in [7, 11) is 0. The summed E-state index contributed by atoms with van der Waals surface area (Å²) in [6.45, 7) is 0. The van der Waals surface area contributed by atoms with Gasteiger partial charge in [-0.15, -0.1) is 0 Å². The van der Waals surface area contributed by atoms with Crippen LogP contribution in [0.5, 0.6) is 0 Å². The van der Waals surface area contributed by atoms with Gasteiger partial charge in [0.15, 0.2) is 5.76 Å². The molecule has 1 aromatic heterocycles. The number of benzene rings is 2. The molecule has 120 valence electrons. The Balaban J connectivity index is 1.75. The van der Waals surface area contributed by atoms with Gasteiger partial charge in [0, 0.05) is 5.56 Å². The Morgan fingerprint density at radius 3 is 2.42 bits per heavy atom. The highest BCUT2D eigenvalue weighted by Crippen LogP contribution is 2.23. The third kappa shape index (κ3) is 3.57. The van der Waals surface area contributed by atoms with Crippen molar-refractivity contribution in [2.45, 2.75) is 12.5 Å². The van der Waals surface area contributed by atoms with Gasteiger partial charge in [0.25, 0.3) is 5.91 Å². The Bertz CT molecular complexity index is 813. The Labute approximate surface area is 139 Å². The first-order valence-corrected chi connectivity index (χ1v) is 7.58. The van der Waals surface area contributed by atoms with Gasteiger partial charge in [-0.25, -0.2) is 0 Å². The van der Waals surface area contributed by atoms with E-state index in [-0.39, 0.29) is 5.91 Å². The smallest absolute Gasteiger partial charge is 0.257 e. The van der Waals surface area contributed by atoms with Gasteiger partial charge >= 0.3 is 0 Å². The van der Waals surface area contributed by atoms with E-state index in [1.165, 1.54) is 6.20 Å². The quantitative estimate of drug-likeness (QED) is 0.709. The van der Waals surface area contributed by atoms with Gasteiger partial charge in [0.2, 0.25) is 0 Å². The molecule has 24 heavy (non-hydrogen) atoms. The van der Waals surface area contributed by atoms with E-state index < -0.39 is 6.04 Å². The van der Waals surface area contributed by atoms with Gasteiger partial charge in [0.1, 0.15) is 11.8 Å². The molecule has 1 heterocycles. The van der Waals surface area contributed by atoms with Crippen molar-refractivity contribution in [3.05, 3.63) is 78.0 Å². The van der Waals surface area contributed by atoms with E-state index in [0.29, 0.717) is 17.7 Å². The van der Waals surface area contributed by atoms with Crippen molar-refractivity contribution >= 4 is 12.2 Å². The van der Waals surface area contributed by atoms with Crippen LogP contribution in [0.4, 0.5) is 0 Å². The van der Waals surface area contributed by atoms with Crippen molar-refractivity contribution in [1.82, 2.24) is 10.5 Å². The largest absolute Gasteiger partial charge is 0.355 e. The van der Waals surface area contributed by atoms with Crippen LogP contribution in [0.3, 0.4) is 0 Å². The molecule has 0 saturated heterocycles. The molecule has 1 atom stereocenters. The predicted octanol–water partition coefficient (Wildman–Crippen LogP) is 2.88. The molecule has 1 amide bonds. The van der Waals surface area contributed by atoms with Gasteiger partial charge in [-0.05, 0) is 12.0 Å². The van der Waals surface area contributed by atoms with Gasteiger partial charge in [-0.1, -0.05) is 65.8 Å². The lowest BCUT2D eigenvalue weighted by Crippen LogP contribution is -2.37. The van der Waals surface area contributed by atoms with Crippen molar-refractivity contribution in [1.29, 1.82) is 0 Å². The van der Waals surface area contributed by atoms with Crippen LogP contribution in [-0.4, -0.2) is 23.4 Å². The number of rotatable bonds is 6. The second-order valence-electron chi connectivity index (χ2n) is 5.34. The van der Waals surface area contributed by atoms with Crippen molar-refractivity contribution < 1.29 is 14.1 Å². The number of aromatic nitrogens is 1. The average Bonchev–Trinajstić information content (AvgIpc) is 3.12. The van der Waals surface area contributed by atoms with Crippen molar-refractivity contribution in [3.63, 3.8) is 0 Å². The number of nitrogens with one attached hydrogen (secondary N) is 1. The average molecular weight is 320 g/mol. The van der Waals surface area contributed by atoms with E-state index in [1.54, 1.807) is 0 Å². The summed E-state index contributed by atoms with van der Waals surface area (Å²) >= 11 is 0. The molecular formula is C19H16N2O3. The first-order chi connectivity index (χ1) is 11.8. The predicted molar refractivity (Wildman–Crippen MR) is 89.4 cm³/mol. The molecule has 0 aliphatic rings. The highest BCUT2D eigenvalue weighted by molar-refractivity contribution is 6.00. The molecule has 0 saturated carbocycles. The summed E-state index contributed by atoms with van der Waals surface area (Å²) in [5.41, 5.74) is 2.04. The minimum absolute atomic E-state index is 0.307. The van der Waals surface area contributed by atoms with E-state index >= 15 is 0 Å². The Hall–Kier alpha value is -3.21. The summed E-state index contributed by atoms with van der Waals surface area (Å²) in [4.78, 5) is 23.8. The number of carbonyl (C=O) groups is 2. The van der Waals surface area contributed by atoms with Crippen LogP contribution in [0.2, 0.25) is 0 Å². The van der Waals surface area contributed by atoms with E-state index in [9.17, 15) is 9.59 Å². The molecule has 1 unspecified atom stereocenters. The van der Waals surface area contributed by atoms with Gasteiger partial charge in [-0.3, -0.25) is 4.79 Å². The standard InChI is InChI=1S/C19H16N2O3/c22-13-16(11-14-7-3-1-4-8-14)21-19(23)17-12-20-24-18(17)15-9-5-2-6-10-15/h1-10,12-13,16H,11H2,(H,21,23). The van der Waals surface area contributed by atoms with E-state index in [1.807, 2.05) is 60.7 Å². The molecule has 0 spiro atoms. The van der Waals surface area contributed by atoms with E-state index in [0.717, 1.165) is 17.4 Å². The summed E-state index contributed by atoms with van der Waals surface area (Å²) in [5.74, 6) is 0.000550. The first kappa shape index (κ1) is 15.7. The molecule has 0 aliphatic heterocycles. The van der Waals surface area contributed by atoms with Crippen LogP contribution in [0, 0.1) is 0 Å². The number of amides is 1. The second kappa shape index (κ2) is 7.37. The summed E-state index contributed by atoms with van der Waals surface area (Å²) < 4.78 is 5.21. The summed E-state index contributed by atoms with van der Waals surface area (Å²) in [5, 5.41) is 6.43. The minimum atomic E-state index is -0.613. The fourth-order valence-electron chi connectivity index (χ4n) is 2.45. The van der Waals surface area contributed by atoms with Crippen molar-refractivity contribution in [2.24, 2.45) is 0 Å². The third-order valence-electron chi connectivity index (χ3n) is 3.63. The fraction of sp³-hybridized carbons (Fsp3) is 0.105. The molecule has 3 rings (SSSR count). The number of carbonyl (C=O) groups excluding carboxylic acids is 2. The molecule has 0 radical (unpaired) electrons. The zero-order chi connectivity index (χ0) is 16.8. The molecule has 0 aliphatic carbocycles. The van der Waals surface area contributed by atoms with Crippen LogP contribution in [-0.2, 0) is 11.2 Å². The molecular weight excluding hydrogens is 304 g/mol. The van der Waals surface area contributed by atoms with Crippen LogP contribution < -0.4 is 5.32 Å². The van der Waals surface area contributed by atoms with Gasteiger partial charge in [0.05, 0.1) is 12.2 Å². The normalized spacial score (nSPS) is 11.7. The molecule has 1 N–H and O–H groups in total. The number of hydrogen-bond acceptors (Lipinski definition) is 4. The van der Waals surface area contributed by atoms with Crippen molar-refractivity contribution in [2.75, 3.05) is 0 Å². The topological polar surface area (TPSA) is 72.2 Å². The lowest BCUT2D eigenvalue weighted by Gasteiger charge is -2.12. The van der Waals surface area contributed by atoms with Crippen molar-refractivity contribution in [3.8, 4) is 11.3 Å². The first-order valence-electron chi connectivity index (χ1n) is 7.58. The molecule has 0 fully saturated rings. The molecule has 0 bridgehead atoms.